The van der Waals surface area contributed by atoms with Gasteiger partial charge in [-0.1, -0.05) is 13.8 Å². The molecule has 1 aromatic carbocycles. The van der Waals surface area contributed by atoms with Gasteiger partial charge >= 0.3 is 0 Å². The van der Waals surface area contributed by atoms with Gasteiger partial charge in [0.05, 0.1) is 0 Å². The molecule has 0 aromatic heterocycles. The highest BCUT2D eigenvalue weighted by Crippen LogP contribution is 2.23. The second-order valence-corrected chi connectivity index (χ2v) is 4.99. The molecular formula is C15H24FNO. The first kappa shape index (κ1) is 15.0. The number of aryl methyl sites for hydroxylation is 1. The van der Waals surface area contributed by atoms with Gasteiger partial charge in [-0.3, -0.25) is 0 Å². The molecule has 0 aliphatic rings. The van der Waals surface area contributed by atoms with Gasteiger partial charge < -0.3 is 10.1 Å². The fraction of sp³-hybridized carbons (Fsp3) is 0.600. The summed E-state index contributed by atoms with van der Waals surface area (Å²) in [7, 11) is 0. The lowest BCUT2D eigenvalue weighted by atomic mass is 10.0. The first-order valence-corrected chi connectivity index (χ1v) is 6.66. The van der Waals surface area contributed by atoms with E-state index in [1.54, 1.807) is 19.1 Å². The summed E-state index contributed by atoms with van der Waals surface area (Å²) >= 11 is 0. The van der Waals surface area contributed by atoms with Crippen LogP contribution < -0.4 is 10.1 Å². The summed E-state index contributed by atoms with van der Waals surface area (Å²) in [6, 6.07) is 4.90. The van der Waals surface area contributed by atoms with Crippen LogP contribution in [0.3, 0.4) is 0 Å². The van der Waals surface area contributed by atoms with Crippen molar-refractivity contribution in [3.05, 3.63) is 29.6 Å². The Morgan fingerprint density at radius 2 is 2.06 bits per heavy atom. The molecule has 1 N–H and O–H groups in total. The minimum absolute atomic E-state index is 0.190. The topological polar surface area (TPSA) is 21.3 Å². The highest BCUT2D eigenvalue weighted by atomic mass is 19.1. The van der Waals surface area contributed by atoms with Crippen molar-refractivity contribution in [2.24, 2.45) is 0 Å². The second-order valence-electron chi connectivity index (χ2n) is 4.99. The Bertz CT molecular complexity index is 381. The van der Waals surface area contributed by atoms with Crippen LogP contribution in [0.25, 0.3) is 0 Å². The average molecular weight is 253 g/mol. The van der Waals surface area contributed by atoms with Crippen LogP contribution in [-0.2, 0) is 0 Å². The number of hydrogen-bond donors (Lipinski definition) is 1. The van der Waals surface area contributed by atoms with Gasteiger partial charge in [0.2, 0.25) is 0 Å². The quantitative estimate of drug-likeness (QED) is 0.748. The third-order valence-corrected chi connectivity index (χ3v) is 3.17. The molecule has 0 spiro atoms. The van der Waals surface area contributed by atoms with Gasteiger partial charge in [-0.15, -0.1) is 0 Å². The maximum Gasteiger partial charge on any atom is 0.126 e. The van der Waals surface area contributed by atoms with Gasteiger partial charge in [0.25, 0.3) is 0 Å². The molecule has 3 heteroatoms. The van der Waals surface area contributed by atoms with E-state index in [1.807, 2.05) is 0 Å². The molecule has 0 saturated carbocycles. The van der Waals surface area contributed by atoms with Crippen LogP contribution in [0.5, 0.6) is 5.75 Å². The van der Waals surface area contributed by atoms with Crippen LogP contribution in [0.2, 0.25) is 0 Å². The van der Waals surface area contributed by atoms with Gasteiger partial charge in [-0.05, 0) is 57.0 Å². The van der Waals surface area contributed by atoms with E-state index >= 15 is 0 Å². The molecule has 2 nitrogen and oxygen atoms in total. The van der Waals surface area contributed by atoms with Crippen molar-refractivity contribution in [2.45, 2.75) is 46.1 Å². The van der Waals surface area contributed by atoms with Crippen LogP contribution in [0.1, 0.15) is 39.2 Å². The molecule has 0 radical (unpaired) electrons. The minimum atomic E-state index is -0.251. The molecule has 0 aliphatic carbocycles. The lowest BCUT2D eigenvalue weighted by Crippen LogP contribution is -2.42. The van der Waals surface area contributed by atoms with E-state index < -0.39 is 0 Å². The fourth-order valence-corrected chi connectivity index (χ4v) is 1.73. The molecule has 0 amide bonds. The molecular weight excluding hydrogens is 229 g/mol. The van der Waals surface area contributed by atoms with Crippen molar-refractivity contribution in [3.8, 4) is 5.75 Å². The predicted molar refractivity (Wildman–Crippen MR) is 73.6 cm³/mol. The van der Waals surface area contributed by atoms with E-state index in [-0.39, 0.29) is 11.4 Å². The molecule has 1 aromatic rings. The van der Waals surface area contributed by atoms with E-state index in [2.05, 4.69) is 26.1 Å². The lowest BCUT2D eigenvalue weighted by molar-refractivity contribution is 0.0836. The summed E-state index contributed by atoms with van der Waals surface area (Å²) in [6.45, 7) is 9.86. The number of halogens is 1. The van der Waals surface area contributed by atoms with E-state index in [1.165, 1.54) is 6.07 Å². The third-order valence-electron chi connectivity index (χ3n) is 3.17. The summed E-state index contributed by atoms with van der Waals surface area (Å²) in [5, 5.41) is 3.37. The second kappa shape index (κ2) is 6.74. The molecule has 0 bridgehead atoms. The minimum Gasteiger partial charge on any atom is -0.486 e. The zero-order chi connectivity index (χ0) is 13.6. The Balaban J connectivity index is 2.68. The van der Waals surface area contributed by atoms with Crippen molar-refractivity contribution in [2.75, 3.05) is 13.1 Å². The van der Waals surface area contributed by atoms with Gasteiger partial charge in [0.15, 0.2) is 0 Å². The molecule has 102 valence electrons. The Morgan fingerprint density at radius 3 is 2.61 bits per heavy atom. The Morgan fingerprint density at radius 1 is 1.33 bits per heavy atom. The molecule has 0 aliphatic heterocycles. The molecule has 0 saturated heterocycles. The smallest absolute Gasteiger partial charge is 0.126 e. The molecule has 18 heavy (non-hydrogen) atoms. The first-order valence-electron chi connectivity index (χ1n) is 6.66. The van der Waals surface area contributed by atoms with Crippen LogP contribution in [-0.4, -0.2) is 18.7 Å². The maximum absolute atomic E-state index is 13.2. The largest absolute Gasteiger partial charge is 0.486 e. The number of nitrogens with one attached hydrogen (secondary N) is 1. The molecule has 0 fully saturated rings. The van der Waals surface area contributed by atoms with Gasteiger partial charge in [0.1, 0.15) is 17.2 Å². The highest BCUT2D eigenvalue weighted by Gasteiger charge is 2.23. The summed E-state index contributed by atoms with van der Waals surface area (Å²) in [6.07, 6.45) is 2.01. The zero-order valence-corrected chi connectivity index (χ0v) is 11.8. The SMILES string of the molecule is CCCNCC(C)(CC)Oc1ccc(F)c(C)c1. The summed E-state index contributed by atoms with van der Waals surface area (Å²) in [5.74, 6) is 0.543. The predicted octanol–water partition coefficient (Wildman–Crippen LogP) is 3.68. The Kier molecular flexibility index (Phi) is 5.60. The van der Waals surface area contributed by atoms with E-state index in [0.717, 1.165) is 31.7 Å². The molecule has 1 rings (SSSR count). The summed E-state index contributed by atoms with van der Waals surface area (Å²) in [5.41, 5.74) is 0.367. The third kappa shape index (κ3) is 4.30. The van der Waals surface area contributed by atoms with Crippen molar-refractivity contribution in [1.29, 1.82) is 0 Å². The highest BCUT2D eigenvalue weighted by molar-refractivity contribution is 5.29. The molecule has 1 unspecified atom stereocenters. The van der Waals surface area contributed by atoms with Gasteiger partial charge in [0, 0.05) is 6.54 Å². The van der Waals surface area contributed by atoms with Crippen molar-refractivity contribution >= 4 is 0 Å². The van der Waals surface area contributed by atoms with Crippen molar-refractivity contribution < 1.29 is 9.13 Å². The molecule has 0 heterocycles. The average Bonchev–Trinajstić information content (AvgIpc) is 2.34. The zero-order valence-electron chi connectivity index (χ0n) is 11.8. The standard InChI is InChI=1S/C15H24FNO/c1-5-9-17-11-15(4,6-2)18-13-7-8-14(16)12(3)10-13/h7-8,10,17H,5-6,9,11H2,1-4H3. The van der Waals surface area contributed by atoms with Gasteiger partial charge in [-0.2, -0.15) is 0 Å². The monoisotopic (exact) mass is 253 g/mol. The number of hydrogen-bond acceptors (Lipinski definition) is 2. The van der Waals surface area contributed by atoms with E-state index in [0.29, 0.717) is 5.56 Å². The van der Waals surface area contributed by atoms with Crippen LogP contribution in [0.15, 0.2) is 18.2 Å². The van der Waals surface area contributed by atoms with Crippen LogP contribution in [0, 0.1) is 12.7 Å². The summed E-state index contributed by atoms with van der Waals surface area (Å²) < 4.78 is 19.2. The molecule has 1 atom stereocenters. The first-order chi connectivity index (χ1) is 8.50. The fourth-order valence-electron chi connectivity index (χ4n) is 1.73. The maximum atomic E-state index is 13.2. The normalized spacial score (nSPS) is 14.3. The van der Waals surface area contributed by atoms with Crippen LogP contribution in [0.4, 0.5) is 4.39 Å². The Labute approximate surface area is 110 Å². The lowest BCUT2D eigenvalue weighted by Gasteiger charge is -2.30. The summed E-state index contributed by atoms with van der Waals surface area (Å²) in [4.78, 5) is 0. The van der Waals surface area contributed by atoms with E-state index in [4.69, 9.17) is 4.74 Å². The van der Waals surface area contributed by atoms with Crippen molar-refractivity contribution in [3.63, 3.8) is 0 Å². The number of rotatable bonds is 7. The Hall–Kier alpha value is -1.09. The van der Waals surface area contributed by atoms with E-state index in [9.17, 15) is 4.39 Å². The van der Waals surface area contributed by atoms with Crippen molar-refractivity contribution in [1.82, 2.24) is 5.32 Å². The number of ether oxygens (including phenoxy) is 1. The number of benzene rings is 1. The van der Waals surface area contributed by atoms with Gasteiger partial charge in [-0.25, -0.2) is 4.39 Å². The van der Waals surface area contributed by atoms with Crippen LogP contribution >= 0.6 is 0 Å².